The highest BCUT2D eigenvalue weighted by molar-refractivity contribution is 6.04. The molecule has 1 aliphatic rings. The first-order valence-corrected chi connectivity index (χ1v) is 9.03. The van der Waals surface area contributed by atoms with E-state index in [2.05, 4.69) is 15.3 Å². The normalized spacial score (nSPS) is 15.6. The lowest BCUT2D eigenvalue weighted by atomic mass is 9.82. The Morgan fingerprint density at radius 1 is 1.11 bits per heavy atom. The third-order valence-corrected chi connectivity index (χ3v) is 4.87. The average Bonchev–Trinajstić information content (AvgIpc) is 2.74. The van der Waals surface area contributed by atoms with Crippen LogP contribution in [0.2, 0.25) is 0 Å². The van der Waals surface area contributed by atoms with Crippen LogP contribution in [-0.4, -0.2) is 28.8 Å². The fourth-order valence-electron chi connectivity index (χ4n) is 3.40. The van der Waals surface area contributed by atoms with Crippen molar-refractivity contribution in [1.29, 1.82) is 0 Å². The third kappa shape index (κ3) is 3.62. The fourth-order valence-corrected chi connectivity index (χ4v) is 3.40. The summed E-state index contributed by atoms with van der Waals surface area (Å²) in [5, 5.41) is 2.70. The first-order valence-electron chi connectivity index (χ1n) is 9.03. The Morgan fingerprint density at radius 3 is 2.71 bits per heavy atom. The van der Waals surface area contributed by atoms with Crippen molar-refractivity contribution in [1.82, 2.24) is 9.97 Å². The third-order valence-electron chi connectivity index (χ3n) is 4.87. The molecule has 1 N–H and O–H groups in total. The van der Waals surface area contributed by atoms with Crippen LogP contribution in [0.5, 0.6) is 5.75 Å². The van der Waals surface area contributed by atoms with Crippen LogP contribution in [0.3, 0.4) is 0 Å². The van der Waals surface area contributed by atoms with E-state index in [1.807, 2.05) is 30.3 Å². The molecule has 6 nitrogen and oxygen atoms in total. The number of carbonyl (C=O) groups is 2. The summed E-state index contributed by atoms with van der Waals surface area (Å²) in [7, 11) is 1.55. The van der Waals surface area contributed by atoms with E-state index in [1.54, 1.807) is 31.4 Å². The summed E-state index contributed by atoms with van der Waals surface area (Å²) >= 11 is 0. The summed E-state index contributed by atoms with van der Waals surface area (Å²) in [6.07, 6.45) is 2.58. The van der Waals surface area contributed by atoms with Gasteiger partial charge in [0.05, 0.1) is 18.4 Å². The number of fused-ring (bicyclic) bond motifs is 1. The van der Waals surface area contributed by atoms with E-state index in [9.17, 15) is 9.59 Å². The van der Waals surface area contributed by atoms with Gasteiger partial charge in [-0.3, -0.25) is 14.9 Å². The van der Waals surface area contributed by atoms with Crippen molar-refractivity contribution in [2.75, 3.05) is 12.4 Å². The van der Waals surface area contributed by atoms with Crippen molar-refractivity contribution in [2.45, 2.75) is 18.8 Å². The Balaban J connectivity index is 1.56. The number of ketones is 1. The molecule has 28 heavy (non-hydrogen) atoms. The molecule has 140 valence electrons. The maximum atomic E-state index is 12.5. The molecule has 1 amide bonds. The van der Waals surface area contributed by atoms with Crippen LogP contribution in [0.25, 0.3) is 0 Å². The number of rotatable bonds is 4. The van der Waals surface area contributed by atoms with Crippen molar-refractivity contribution in [3.8, 4) is 5.75 Å². The van der Waals surface area contributed by atoms with Crippen molar-refractivity contribution in [3.05, 3.63) is 83.2 Å². The number of anilines is 1. The molecule has 0 aliphatic heterocycles. The molecule has 1 aromatic heterocycles. The van der Waals surface area contributed by atoms with Gasteiger partial charge in [-0.25, -0.2) is 9.97 Å². The maximum absolute atomic E-state index is 12.5. The highest BCUT2D eigenvalue weighted by atomic mass is 16.5. The Hall–Kier alpha value is -3.54. The molecule has 1 heterocycles. The van der Waals surface area contributed by atoms with Gasteiger partial charge in [-0.15, -0.1) is 0 Å². The summed E-state index contributed by atoms with van der Waals surface area (Å²) in [4.78, 5) is 33.6. The smallest absolute Gasteiger partial charge is 0.258 e. The predicted octanol–water partition coefficient (Wildman–Crippen LogP) is 3.65. The van der Waals surface area contributed by atoms with Gasteiger partial charge in [0.25, 0.3) is 5.91 Å². The van der Waals surface area contributed by atoms with Gasteiger partial charge in [-0.05, 0) is 36.1 Å². The average molecular weight is 373 g/mol. The first kappa shape index (κ1) is 17.9. The predicted molar refractivity (Wildman–Crippen MR) is 105 cm³/mol. The lowest BCUT2D eigenvalue weighted by molar-refractivity contribution is 0.0962. The van der Waals surface area contributed by atoms with Crippen LogP contribution < -0.4 is 10.1 Å². The largest absolute Gasteiger partial charge is 0.497 e. The highest BCUT2D eigenvalue weighted by Gasteiger charge is 2.28. The second kappa shape index (κ2) is 7.60. The number of hydrogen-bond acceptors (Lipinski definition) is 5. The van der Waals surface area contributed by atoms with Crippen LogP contribution >= 0.6 is 0 Å². The molecule has 4 rings (SSSR count). The number of Topliss-reactive ketones (excluding diaryl/α,β-unsaturated/α-hetero) is 1. The van der Waals surface area contributed by atoms with Crippen LogP contribution in [0.1, 0.15) is 44.3 Å². The quantitative estimate of drug-likeness (QED) is 0.755. The number of carbonyl (C=O) groups excluding carboxylic acids is 2. The zero-order valence-corrected chi connectivity index (χ0v) is 15.4. The Kier molecular flexibility index (Phi) is 4.85. The topological polar surface area (TPSA) is 81.2 Å². The number of methoxy groups -OCH3 is 1. The van der Waals surface area contributed by atoms with E-state index in [0.717, 1.165) is 5.56 Å². The lowest BCUT2D eigenvalue weighted by Crippen LogP contribution is -2.22. The van der Waals surface area contributed by atoms with Crippen LogP contribution in [0.4, 0.5) is 5.95 Å². The minimum Gasteiger partial charge on any atom is -0.497 e. The van der Waals surface area contributed by atoms with E-state index in [4.69, 9.17) is 4.74 Å². The summed E-state index contributed by atoms with van der Waals surface area (Å²) in [6.45, 7) is 0. The van der Waals surface area contributed by atoms with E-state index in [1.165, 1.54) is 6.20 Å². The van der Waals surface area contributed by atoms with E-state index in [-0.39, 0.29) is 23.6 Å². The van der Waals surface area contributed by atoms with Crippen molar-refractivity contribution >= 4 is 17.6 Å². The van der Waals surface area contributed by atoms with Gasteiger partial charge in [-0.1, -0.05) is 36.4 Å². The highest BCUT2D eigenvalue weighted by Crippen LogP contribution is 2.31. The van der Waals surface area contributed by atoms with Crippen LogP contribution in [0.15, 0.2) is 60.8 Å². The maximum Gasteiger partial charge on any atom is 0.258 e. The van der Waals surface area contributed by atoms with Crippen molar-refractivity contribution in [2.24, 2.45) is 0 Å². The lowest BCUT2D eigenvalue weighted by Gasteiger charge is -2.23. The van der Waals surface area contributed by atoms with Gasteiger partial charge in [0.1, 0.15) is 5.75 Å². The van der Waals surface area contributed by atoms with E-state index >= 15 is 0 Å². The second-order valence-corrected chi connectivity index (χ2v) is 6.68. The Bertz CT molecular complexity index is 1030. The molecule has 0 fully saturated rings. The number of amides is 1. The molecule has 1 unspecified atom stereocenters. The van der Waals surface area contributed by atoms with Gasteiger partial charge >= 0.3 is 0 Å². The summed E-state index contributed by atoms with van der Waals surface area (Å²) in [6, 6.07) is 16.8. The number of hydrogen-bond donors (Lipinski definition) is 1. The SMILES string of the molecule is COc1cccc(C(=O)Nc2ncc3c(n2)CC(c2ccccc2)CC3=O)c1. The standard InChI is InChI=1S/C22H19N3O3/c1-28-17-9-5-8-15(10-17)21(27)25-22-23-13-18-19(24-22)11-16(12-20(18)26)14-6-3-2-4-7-14/h2-10,13,16H,11-12H2,1H3,(H,23,24,25,27). The van der Waals surface area contributed by atoms with E-state index in [0.29, 0.717) is 35.4 Å². The summed E-state index contributed by atoms with van der Waals surface area (Å²) in [5.41, 5.74) is 2.76. The van der Waals surface area contributed by atoms with Gasteiger partial charge in [0.15, 0.2) is 5.78 Å². The Labute approximate surface area is 162 Å². The van der Waals surface area contributed by atoms with Crippen LogP contribution in [-0.2, 0) is 6.42 Å². The molecule has 0 saturated carbocycles. The van der Waals surface area contributed by atoms with E-state index < -0.39 is 0 Å². The molecular weight excluding hydrogens is 354 g/mol. The molecule has 0 spiro atoms. The molecule has 6 heteroatoms. The Morgan fingerprint density at radius 2 is 1.93 bits per heavy atom. The zero-order chi connectivity index (χ0) is 19.5. The van der Waals surface area contributed by atoms with Gasteiger partial charge < -0.3 is 4.74 Å². The number of benzene rings is 2. The molecule has 0 saturated heterocycles. The fraction of sp³-hybridized carbons (Fsp3) is 0.182. The molecule has 1 aliphatic carbocycles. The molecule has 1 atom stereocenters. The molecule has 3 aromatic rings. The van der Waals surface area contributed by atoms with Gasteiger partial charge in [0, 0.05) is 18.2 Å². The van der Waals surface area contributed by atoms with Gasteiger partial charge in [0.2, 0.25) is 5.95 Å². The van der Waals surface area contributed by atoms with Crippen LogP contribution in [0, 0.1) is 0 Å². The number of nitrogens with one attached hydrogen (secondary N) is 1. The zero-order valence-electron chi connectivity index (χ0n) is 15.4. The summed E-state index contributed by atoms with van der Waals surface area (Å²) in [5.74, 6) is 0.558. The van der Waals surface area contributed by atoms with Gasteiger partial charge in [-0.2, -0.15) is 0 Å². The second-order valence-electron chi connectivity index (χ2n) is 6.68. The first-order chi connectivity index (χ1) is 13.6. The molecule has 0 bridgehead atoms. The summed E-state index contributed by atoms with van der Waals surface area (Å²) < 4.78 is 5.15. The minimum absolute atomic E-state index is 0.0285. The van der Waals surface area contributed by atoms with Crippen molar-refractivity contribution in [3.63, 3.8) is 0 Å². The number of aromatic nitrogens is 2. The number of nitrogens with zero attached hydrogens (tertiary/aromatic N) is 2. The molecule has 2 aromatic carbocycles. The molecular formula is C22H19N3O3. The van der Waals surface area contributed by atoms with Crippen molar-refractivity contribution < 1.29 is 14.3 Å². The monoisotopic (exact) mass is 373 g/mol. The minimum atomic E-state index is -0.333. The molecule has 0 radical (unpaired) electrons. The number of ether oxygens (including phenoxy) is 1.